The molecule has 1 amide bonds. The molecule has 0 aromatic heterocycles. The topological polar surface area (TPSA) is 29.1 Å². The van der Waals surface area contributed by atoms with E-state index in [1.54, 1.807) is 18.7 Å². The van der Waals surface area contributed by atoms with E-state index in [0.717, 1.165) is 5.75 Å². The lowest BCUT2D eigenvalue weighted by Crippen LogP contribution is -2.31. The maximum absolute atomic E-state index is 11.0. The third kappa shape index (κ3) is 6.56. The van der Waals surface area contributed by atoms with Crippen LogP contribution in [0.1, 0.15) is 6.92 Å². The van der Waals surface area contributed by atoms with Crippen molar-refractivity contribution in [2.45, 2.75) is 11.8 Å². The first kappa shape index (κ1) is 11.9. The van der Waals surface area contributed by atoms with Crippen LogP contribution in [0.5, 0.6) is 0 Å². The number of hydrogen-bond donors (Lipinski definition) is 1. The van der Waals surface area contributed by atoms with Crippen LogP contribution < -0.4 is 5.32 Å². The summed E-state index contributed by atoms with van der Waals surface area (Å²) < 4.78 is 0. The van der Waals surface area contributed by atoms with Gasteiger partial charge >= 0.3 is 0 Å². The number of amides is 1. The first-order valence-corrected chi connectivity index (χ1v) is 5.68. The van der Waals surface area contributed by atoms with Crippen molar-refractivity contribution in [1.82, 2.24) is 5.32 Å². The Morgan fingerprint density at radius 2 is 2.50 bits per heavy atom. The third-order valence-electron chi connectivity index (χ3n) is 1.09. The molecule has 0 aromatic rings. The lowest BCUT2D eigenvalue weighted by atomic mass is 10.4. The molecule has 0 aliphatic heterocycles. The first-order chi connectivity index (χ1) is 5.68. The van der Waals surface area contributed by atoms with Crippen LogP contribution in [0.25, 0.3) is 0 Å². The molecule has 4 heteroatoms. The summed E-state index contributed by atoms with van der Waals surface area (Å²) in [5.41, 5.74) is 0. The molecule has 0 aliphatic carbocycles. The highest BCUT2D eigenvalue weighted by Gasteiger charge is 2.05. The smallest absolute Gasteiger partial charge is 0.233 e. The number of carbonyl (C=O) groups is 1. The minimum atomic E-state index is -0.116. The van der Waals surface area contributed by atoms with Gasteiger partial charge in [0.05, 0.1) is 10.6 Å². The zero-order valence-electron chi connectivity index (χ0n) is 6.97. The van der Waals surface area contributed by atoms with Crippen LogP contribution in [0.4, 0.5) is 0 Å². The number of terminal acetylenes is 1. The fourth-order valence-electron chi connectivity index (χ4n) is 0.518. The van der Waals surface area contributed by atoms with Crippen LogP contribution in [0.15, 0.2) is 0 Å². The summed E-state index contributed by atoms with van der Waals surface area (Å²) in [5.74, 6) is 4.12. The number of rotatable bonds is 5. The van der Waals surface area contributed by atoms with E-state index in [9.17, 15) is 4.79 Å². The second-order valence-corrected chi connectivity index (χ2v) is 4.64. The van der Waals surface area contributed by atoms with E-state index in [-0.39, 0.29) is 10.7 Å². The van der Waals surface area contributed by atoms with Gasteiger partial charge in [0.25, 0.3) is 0 Å². The summed E-state index contributed by atoms with van der Waals surface area (Å²) in [6.07, 6.45) is 5.05. The molecule has 68 valence electrons. The van der Waals surface area contributed by atoms with Gasteiger partial charge in [-0.2, -0.15) is 0 Å². The van der Waals surface area contributed by atoms with Crippen LogP contribution in [-0.4, -0.2) is 28.8 Å². The monoisotopic (exact) mass is 249 g/mol. The largest absolute Gasteiger partial charge is 0.354 e. The molecule has 2 nitrogen and oxygen atoms in total. The van der Waals surface area contributed by atoms with E-state index < -0.39 is 0 Å². The lowest BCUT2D eigenvalue weighted by Gasteiger charge is -2.04. The molecule has 0 radical (unpaired) electrons. The summed E-state index contributed by atoms with van der Waals surface area (Å²) in [5, 5.41) is 2.77. The number of halogens is 1. The van der Waals surface area contributed by atoms with Crippen molar-refractivity contribution in [3.8, 4) is 12.3 Å². The highest BCUT2D eigenvalue weighted by atomic mass is 79.9. The predicted octanol–water partition coefficient (Wildman–Crippen LogP) is 1.25. The van der Waals surface area contributed by atoms with Gasteiger partial charge in [-0.15, -0.1) is 18.2 Å². The van der Waals surface area contributed by atoms with Gasteiger partial charge in [0.2, 0.25) is 5.91 Å². The summed E-state index contributed by atoms with van der Waals surface area (Å²) in [7, 11) is 0. The molecule has 12 heavy (non-hydrogen) atoms. The van der Waals surface area contributed by atoms with Crippen molar-refractivity contribution in [2.24, 2.45) is 0 Å². The Bertz CT molecular complexity index is 176. The number of alkyl halides is 1. The molecule has 0 heterocycles. The standard InChI is InChI=1S/C8H12BrNOS/c1-3-5-12-6-4-10-8(11)7(2)9/h1,7H,4-6H2,2H3,(H,10,11). The third-order valence-corrected chi connectivity index (χ3v) is 2.37. The van der Waals surface area contributed by atoms with E-state index in [1.165, 1.54) is 0 Å². The molecule has 0 aliphatic rings. The molecule has 0 fully saturated rings. The first-order valence-electron chi connectivity index (χ1n) is 3.61. The molecule has 1 N–H and O–H groups in total. The van der Waals surface area contributed by atoms with Crippen molar-refractivity contribution in [2.75, 3.05) is 18.1 Å². The minimum absolute atomic E-state index is 0.0244. The number of thioether (sulfide) groups is 1. The summed E-state index contributed by atoms with van der Waals surface area (Å²) in [6.45, 7) is 2.48. The second kappa shape index (κ2) is 7.51. The van der Waals surface area contributed by atoms with E-state index in [1.807, 2.05) is 0 Å². The van der Waals surface area contributed by atoms with Crippen molar-refractivity contribution in [3.05, 3.63) is 0 Å². The Morgan fingerprint density at radius 3 is 3.00 bits per heavy atom. The van der Waals surface area contributed by atoms with Gasteiger partial charge in [-0.25, -0.2) is 0 Å². The van der Waals surface area contributed by atoms with Gasteiger partial charge < -0.3 is 5.32 Å². The summed E-state index contributed by atoms with van der Waals surface area (Å²) in [6, 6.07) is 0. The van der Waals surface area contributed by atoms with Crippen LogP contribution in [0.2, 0.25) is 0 Å². The van der Waals surface area contributed by atoms with Crippen LogP contribution >= 0.6 is 27.7 Å². The molecular weight excluding hydrogens is 238 g/mol. The maximum atomic E-state index is 11.0. The molecular formula is C8H12BrNOS. The molecule has 0 aromatic carbocycles. The minimum Gasteiger partial charge on any atom is -0.354 e. The SMILES string of the molecule is C#CCSCCNC(=O)C(C)Br. The molecule has 0 spiro atoms. The second-order valence-electron chi connectivity index (χ2n) is 2.16. The van der Waals surface area contributed by atoms with Crippen LogP contribution in [-0.2, 0) is 4.79 Å². The summed E-state index contributed by atoms with van der Waals surface area (Å²) in [4.78, 5) is 10.9. The molecule has 0 rings (SSSR count). The molecule has 0 bridgehead atoms. The Morgan fingerprint density at radius 1 is 1.83 bits per heavy atom. The molecule has 1 atom stereocenters. The molecule has 0 saturated carbocycles. The highest BCUT2D eigenvalue weighted by molar-refractivity contribution is 9.10. The highest BCUT2D eigenvalue weighted by Crippen LogP contribution is 1.98. The van der Waals surface area contributed by atoms with E-state index in [0.29, 0.717) is 12.3 Å². The Hall–Kier alpha value is -0.140. The number of hydrogen-bond acceptors (Lipinski definition) is 2. The van der Waals surface area contributed by atoms with Gasteiger partial charge in [-0.1, -0.05) is 21.9 Å². The molecule has 1 unspecified atom stereocenters. The van der Waals surface area contributed by atoms with Gasteiger partial charge in [0, 0.05) is 12.3 Å². The van der Waals surface area contributed by atoms with Crippen LogP contribution in [0, 0.1) is 12.3 Å². The fourth-order valence-corrected chi connectivity index (χ4v) is 1.19. The predicted molar refractivity (Wildman–Crippen MR) is 57.6 cm³/mol. The fraction of sp³-hybridized carbons (Fsp3) is 0.625. The number of carbonyl (C=O) groups excluding carboxylic acids is 1. The number of nitrogens with one attached hydrogen (secondary N) is 1. The average molecular weight is 250 g/mol. The van der Waals surface area contributed by atoms with Gasteiger partial charge in [-0.05, 0) is 6.92 Å². The van der Waals surface area contributed by atoms with Crippen molar-refractivity contribution < 1.29 is 4.79 Å². The van der Waals surface area contributed by atoms with Gasteiger partial charge in [-0.3, -0.25) is 4.79 Å². The molecule has 0 saturated heterocycles. The van der Waals surface area contributed by atoms with Crippen molar-refractivity contribution in [1.29, 1.82) is 0 Å². The van der Waals surface area contributed by atoms with Gasteiger partial charge in [0.15, 0.2) is 0 Å². The zero-order valence-corrected chi connectivity index (χ0v) is 9.37. The zero-order chi connectivity index (χ0) is 9.40. The van der Waals surface area contributed by atoms with Crippen molar-refractivity contribution in [3.63, 3.8) is 0 Å². The summed E-state index contributed by atoms with van der Waals surface area (Å²) >= 11 is 4.81. The van der Waals surface area contributed by atoms with Gasteiger partial charge in [0.1, 0.15) is 0 Å². The quantitative estimate of drug-likeness (QED) is 0.452. The Labute approximate surface area is 86.0 Å². The van der Waals surface area contributed by atoms with Crippen LogP contribution in [0.3, 0.4) is 0 Å². The van der Waals surface area contributed by atoms with E-state index in [2.05, 4.69) is 27.2 Å². The maximum Gasteiger partial charge on any atom is 0.233 e. The Balaban J connectivity index is 3.21. The van der Waals surface area contributed by atoms with E-state index in [4.69, 9.17) is 6.42 Å². The normalized spacial score (nSPS) is 11.8. The average Bonchev–Trinajstić information content (AvgIpc) is 2.03. The lowest BCUT2D eigenvalue weighted by molar-refractivity contribution is -0.120. The van der Waals surface area contributed by atoms with Crippen molar-refractivity contribution >= 4 is 33.6 Å². The Kier molecular flexibility index (Phi) is 7.42. The van der Waals surface area contributed by atoms with E-state index >= 15 is 0 Å².